The lowest BCUT2D eigenvalue weighted by atomic mass is 10.2. The number of carbonyl (C=O) groups is 1. The number of hydrogen-bond donors (Lipinski definition) is 1. The van der Waals surface area contributed by atoms with E-state index in [1.165, 1.54) is 11.3 Å². The van der Waals surface area contributed by atoms with Gasteiger partial charge in [-0.3, -0.25) is 10.1 Å². The van der Waals surface area contributed by atoms with Crippen molar-refractivity contribution < 1.29 is 9.53 Å². The molecule has 1 heterocycles. The standard InChI is InChI=1S/C18H14BrN3O2S/c19-14-7-9-15(10-8-14)24-12-16(23)20-18-22-21-17(25-18)11-6-13-4-2-1-3-5-13/h1-11H,12H2,(H,20,22,23)/b11-6+. The number of amides is 1. The van der Waals surface area contributed by atoms with E-state index in [1.807, 2.05) is 54.6 Å². The maximum atomic E-state index is 11.9. The van der Waals surface area contributed by atoms with Crippen LogP contribution in [0.25, 0.3) is 12.2 Å². The fraction of sp³-hybridized carbons (Fsp3) is 0.0556. The van der Waals surface area contributed by atoms with Gasteiger partial charge in [-0.25, -0.2) is 0 Å². The van der Waals surface area contributed by atoms with E-state index < -0.39 is 0 Å². The van der Waals surface area contributed by atoms with Crippen LogP contribution in [0.5, 0.6) is 5.75 Å². The molecule has 0 unspecified atom stereocenters. The molecule has 0 spiro atoms. The minimum atomic E-state index is -0.280. The molecule has 0 aliphatic heterocycles. The molecule has 0 atom stereocenters. The van der Waals surface area contributed by atoms with Gasteiger partial charge in [0.25, 0.3) is 5.91 Å². The largest absolute Gasteiger partial charge is 0.484 e. The number of ether oxygens (including phenoxy) is 1. The number of nitrogens with one attached hydrogen (secondary N) is 1. The molecule has 25 heavy (non-hydrogen) atoms. The van der Waals surface area contributed by atoms with Gasteiger partial charge in [0.05, 0.1) is 0 Å². The van der Waals surface area contributed by atoms with Gasteiger partial charge in [-0.1, -0.05) is 63.7 Å². The van der Waals surface area contributed by atoms with Crippen LogP contribution in [0.15, 0.2) is 59.1 Å². The van der Waals surface area contributed by atoms with Gasteiger partial charge in [-0.15, -0.1) is 10.2 Å². The number of hydrogen-bond acceptors (Lipinski definition) is 5. The molecule has 126 valence electrons. The first-order valence-corrected chi connectivity index (χ1v) is 9.05. The van der Waals surface area contributed by atoms with Crippen molar-refractivity contribution in [3.8, 4) is 5.75 Å². The summed E-state index contributed by atoms with van der Waals surface area (Å²) >= 11 is 4.65. The molecular formula is C18H14BrN3O2S. The van der Waals surface area contributed by atoms with Crippen LogP contribution in [-0.4, -0.2) is 22.7 Å². The van der Waals surface area contributed by atoms with Gasteiger partial charge in [0.2, 0.25) is 5.13 Å². The van der Waals surface area contributed by atoms with Crippen LogP contribution in [0, 0.1) is 0 Å². The summed E-state index contributed by atoms with van der Waals surface area (Å²) < 4.78 is 6.37. The zero-order valence-corrected chi connectivity index (χ0v) is 15.5. The van der Waals surface area contributed by atoms with E-state index in [-0.39, 0.29) is 12.5 Å². The Kier molecular flexibility index (Phi) is 5.92. The third-order valence-electron chi connectivity index (χ3n) is 3.09. The molecule has 0 saturated carbocycles. The second kappa shape index (κ2) is 8.55. The van der Waals surface area contributed by atoms with Crippen molar-refractivity contribution in [3.05, 3.63) is 69.6 Å². The van der Waals surface area contributed by atoms with Crippen molar-refractivity contribution >= 4 is 50.5 Å². The summed E-state index contributed by atoms with van der Waals surface area (Å²) in [5, 5.41) is 11.8. The molecule has 0 aliphatic carbocycles. The number of aromatic nitrogens is 2. The predicted molar refractivity (Wildman–Crippen MR) is 104 cm³/mol. The summed E-state index contributed by atoms with van der Waals surface area (Å²) in [5.74, 6) is 0.347. The maximum absolute atomic E-state index is 11.9. The summed E-state index contributed by atoms with van der Waals surface area (Å²) in [5.41, 5.74) is 1.08. The molecule has 1 aromatic heterocycles. The van der Waals surface area contributed by atoms with E-state index in [9.17, 15) is 4.79 Å². The number of anilines is 1. The van der Waals surface area contributed by atoms with Crippen molar-refractivity contribution in [2.75, 3.05) is 11.9 Å². The molecule has 0 fully saturated rings. The smallest absolute Gasteiger partial charge is 0.264 e. The summed E-state index contributed by atoms with van der Waals surface area (Å²) in [6.45, 7) is -0.0869. The zero-order chi connectivity index (χ0) is 17.5. The molecule has 0 aliphatic rings. The predicted octanol–water partition coefficient (Wildman–Crippen LogP) is 4.49. The molecule has 1 N–H and O–H groups in total. The lowest BCUT2D eigenvalue weighted by Gasteiger charge is -2.05. The van der Waals surface area contributed by atoms with Gasteiger partial charge in [0.1, 0.15) is 10.8 Å². The minimum Gasteiger partial charge on any atom is -0.484 e. The Bertz CT molecular complexity index is 864. The Hall–Kier alpha value is -2.51. The van der Waals surface area contributed by atoms with Gasteiger partial charge in [0.15, 0.2) is 6.61 Å². The molecule has 3 aromatic rings. The Labute approximate surface area is 157 Å². The van der Waals surface area contributed by atoms with E-state index in [1.54, 1.807) is 12.1 Å². The Morgan fingerprint density at radius 3 is 2.60 bits per heavy atom. The van der Waals surface area contributed by atoms with E-state index in [2.05, 4.69) is 31.4 Å². The normalized spacial score (nSPS) is 10.8. The molecule has 0 radical (unpaired) electrons. The SMILES string of the molecule is O=C(COc1ccc(Br)cc1)Nc1nnc(/C=C/c2ccccc2)s1. The first-order valence-electron chi connectivity index (χ1n) is 7.44. The molecule has 3 rings (SSSR count). The third kappa shape index (κ3) is 5.51. The Balaban J connectivity index is 1.51. The van der Waals surface area contributed by atoms with E-state index in [0.717, 1.165) is 10.0 Å². The zero-order valence-electron chi connectivity index (χ0n) is 13.1. The molecule has 2 aromatic carbocycles. The van der Waals surface area contributed by atoms with E-state index in [4.69, 9.17) is 4.74 Å². The summed E-state index contributed by atoms with van der Waals surface area (Å²) in [4.78, 5) is 11.9. The van der Waals surface area contributed by atoms with Crippen molar-refractivity contribution in [3.63, 3.8) is 0 Å². The van der Waals surface area contributed by atoms with Crippen LogP contribution in [0.2, 0.25) is 0 Å². The van der Waals surface area contributed by atoms with Crippen molar-refractivity contribution in [2.24, 2.45) is 0 Å². The summed E-state index contributed by atoms with van der Waals surface area (Å²) in [6.07, 6.45) is 3.81. The molecule has 7 heteroatoms. The van der Waals surface area contributed by atoms with Crippen LogP contribution in [-0.2, 0) is 4.79 Å². The van der Waals surface area contributed by atoms with Crippen molar-refractivity contribution in [1.29, 1.82) is 0 Å². The average Bonchev–Trinajstić information content (AvgIpc) is 3.08. The van der Waals surface area contributed by atoms with Gasteiger partial charge < -0.3 is 4.74 Å². The lowest BCUT2D eigenvalue weighted by Crippen LogP contribution is -2.20. The van der Waals surface area contributed by atoms with Gasteiger partial charge in [0, 0.05) is 4.47 Å². The molecule has 1 amide bonds. The van der Waals surface area contributed by atoms with Gasteiger partial charge >= 0.3 is 0 Å². The molecular weight excluding hydrogens is 402 g/mol. The van der Waals surface area contributed by atoms with E-state index >= 15 is 0 Å². The topological polar surface area (TPSA) is 64.1 Å². The number of rotatable bonds is 6. The molecule has 0 saturated heterocycles. The quantitative estimate of drug-likeness (QED) is 0.643. The number of halogens is 1. The first-order chi connectivity index (χ1) is 12.2. The number of nitrogens with zero attached hydrogens (tertiary/aromatic N) is 2. The van der Waals surface area contributed by atoms with Crippen molar-refractivity contribution in [2.45, 2.75) is 0 Å². The van der Waals surface area contributed by atoms with E-state index in [0.29, 0.717) is 15.9 Å². The van der Waals surface area contributed by atoms with Gasteiger partial charge in [-0.2, -0.15) is 0 Å². The highest BCUT2D eigenvalue weighted by atomic mass is 79.9. The van der Waals surface area contributed by atoms with Crippen LogP contribution >= 0.6 is 27.3 Å². The van der Waals surface area contributed by atoms with Crippen LogP contribution in [0.1, 0.15) is 10.6 Å². The highest BCUT2D eigenvalue weighted by Crippen LogP contribution is 2.18. The summed E-state index contributed by atoms with van der Waals surface area (Å²) in [7, 11) is 0. The minimum absolute atomic E-state index is 0.0869. The molecule has 5 nitrogen and oxygen atoms in total. The second-order valence-corrected chi connectivity index (χ2v) is 6.91. The van der Waals surface area contributed by atoms with Crippen LogP contribution in [0.4, 0.5) is 5.13 Å². The highest BCUT2D eigenvalue weighted by molar-refractivity contribution is 9.10. The monoisotopic (exact) mass is 415 g/mol. The number of benzene rings is 2. The fourth-order valence-electron chi connectivity index (χ4n) is 1.92. The third-order valence-corrected chi connectivity index (χ3v) is 4.42. The first kappa shape index (κ1) is 17.3. The Morgan fingerprint density at radius 2 is 1.84 bits per heavy atom. The average molecular weight is 416 g/mol. The Morgan fingerprint density at radius 1 is 1.08 bits per heavy atom. The number of carbonyl (C=O) groups excluding carboxylic acids is 1. The lowest BCUT2D eigenvalue weighted by molar-refractivity contribution is -0.118. The van der Waals surface area contributed by atoms with Crippen molar-refractivity contribution in [1.82, 2.24) is 10.2 Å². The molecule has 0 bridgehead atoms. The van der Waals surface area contributed by atoms with Crippen LogP contribution < -0.4 is 10.1 Å². The maximum Gasteiger partial charge on any atom is 0.264 e. The van der Waals surface area contributed by atoms with Crippen LogP contribution in [0.3, 0.4) is 0 Å². The second-order valence-electron chi connectivity index (χ2n) is 4.98. The summed E-state index contributed by atoms with van der Waals surface area (Å²) in [6, 6.07) is 17.2. The fourth-order valence-corrected chi connectivity index (χ4v) is 2.85. The van der Waals surface area contributed by atoms with Gasteiger partial charge in [-0.05, 0) is 35.9 Å². The highest BCUT2D eigenvalue weighted by Gasteiger charge is 2.08.